The van der Waals surface area contributed by atoms with Gasteiger partial charge in [-0.1, -0.05) is 29.8 Å². The molecule has 3 rings (SSSR count). The number of hydrogen-bond acceptors (Lipinski definition) is 6. The zero-order valence-corrected chi connectivity index (χ0v) is 18.3. The van der Waals surface area contributed by atoms with Gasteiger partial charge in [0.25, 0.3) is 15.7 Å². The molecule has 0 aliphatic carbocycles. The van der Waals surface area contributed by atoms with Gasteiger partial charge in [-0.25, -0.2) is 8.42 Å². The van der Waals surface area contributed by atoms with Gasteiger partial charge in [0.15, 0.2) is 0 Å². The quantitative estimate of drug-likeness (QED) is 0.387. The smallest absolute Gasteiger partial charge is 0.269 e. The molecule has 0 atom stereocenters. The van der Waals surface area contributed by atoms with E-state index in [1.807, 2.05) is 0 Å². The van der Waals surface area contributed by atoms with Gasteiger partial charge >= 0.3 is 0 Å². The minimum Gasteiger partial charge on any atom is -0.495 e. The number of carbonyl (C=O) groups excluding carboxylic acids is 1. The fourth-order valence-electron chi connectivity index (χ4n) is 2.85. The fraction of sp³-hybridized carbons (Fsp3) is 0.0952. The molecule has 0 saturated carbocycles. The highest BCUT2D eigenvalue weighted by Gasteiger charge is 2.27. The zero-order valence-electron chi connectivity index (χ0n) is 16.8. The van der Waals surface area contributed by atoms with Crippen LogP contribution in [0.2, 0.25) is 5.02 Å². The number of benzene rings is 3. The zero-order chi connectivity index (χ0) is 23.3. The molecule has 0 bridgehead atoms. The van der Waals surface area contributed by atoms with Crippen molar-refractivity contribution in [3.05, 3.63) is 87.9 Å². The van der Waals surface area contributed by atoms with E-state index in [2.05, 4.69) is 5.32 Å². The minimum absolute atomic E-state index is 0.0290. The second-order valence-corrected chi connectivity index (χ2v) is 8.77. The highest BCUT2D eigenvalue weighted by Crippen LogP contribution is 2.28. The van der Waals surface area contributed by atoms with Crippen LogP contribution < -0.4 is 14.4 Å². The molecule has 0 heterocycles. The lowest BCUT2D eigenvalue weighted by Gasteiger charge is -2.24. The first-order valence-electron chi connectivity index (χ1n) is 9.18. The Labute approximate surface area is 189 Å². The number of amides is 1. The number of hydrogen-bond donors (Lipinski definition) is 1. The Morgan fingerprint density at radius 3 is 2.31 bits per heavy atom. The number of nitrogens with zero attached hydrogens (tertiary/aromatic N) is 2. The normalized spacial score (nSPS) is 10.9. The lowest BCUT2D eigenvalue weighted by atomic mass is 10.2. The van der Waals surface area contributed by atoms with Crippen molar-refractivity contribution in [2.75, 3.05) is 23.3 Å². The van der Waals surface area contributed by atoms with Crippen LogP contribution in [0.1, 0.15) is 0 Å². The van der Waals surface area contributed by atoms with Crippen molar-refractivity contribution in [2.45, 2.75) is 4.90 Å². The molecule has 0 unspecified atom stereocenters. The van der Waals surface area contributed by atoms with E-state index < -0.39 is 27.4 Å². The molecule has 166 valence electrons. The van der Waals surface area contributed by atoms with Crippen LogP contribution in [0.3, 0.4) is 0 Å². The Kier molecular flexibility index (Phi) is 6.96. The summed E-state index contributed by atoms with van der Waals surface area (Å²) >= 11 is 6.07. The van der Waals surface area contributed by atoms with Crippen molar-refractivity contribution in [1.82, 2.24) is 0 Å². The van der Waals surface area contributed by atoms with Gasteiger partial charge in [-0.15, -0.1) is 0 Å². The average molecular weight is 476 g/mol. The first kappa shape index (κ1) is 23.0. The molecule has 0 spiro atoms. The predicted molar refractivity (Wildman–Crippen MR) is 121 cm³/mol. The van der Waals surface area contributed by atoms with Gasteiger partial charge in [0.2, 0.25) is 5.91 Å². The van der Waals surface area contributed by atoms with Crippen molar-refractivity contribution < 1.29 is 22.9 Å². The second kappa shape index (κ2) is 9.67. The predicted octanol–water partition coefficient (Wildman–Crippen LogP) is 4.09. The molecule has 1 N–H and O–H groups in total. The summed E-state index contributed by atoms with van der Waals surface area (Å²) in [4.78, 5) is 23.0. The molecule has 0 aliphatic heterocycles. The van der Waals surface area contributed by atoms with Gasteiger partial charge < -0.3 is 10.1 Å². The molecule has 0 saturated heterocycles. The van der Waals surface area contributed by atoms with Crippen LogP contribution in [0.4, 0.5) is 17.1 Å². The number of halogens is 1. The van der Waals surface area contributed by atoms with Gasteiger partial charge in [0.05, 0.1) is 27.6 Å². The summed E-state index contributed by atoms with van der Waals surface area (Å²) in [5.74, 6) is -0.215. The largest absolute Gasteiger partial charge is 0.495 e. The number of anilines is 2. The number of ether oxygens (including phenoxy) is 1. The van der Waals surface area contributed by atoms with E-state index in [1.54, 1.807) is 30.3 Å². The van der Waals surface area contributed by atoms with E-state index in [4.69, 9.17) is 16.3 Å². The van der Waals surface area contributed by atoms with Gasteiger partial charge in [0.1, 0.15) is 12.3 Å². The molecule has 0 radical (unpaired) electrons. The molecule has 3 aromatic rings. The Balaban J connectivity index is 1.92. The fourth-order valence-corrected chi connectivity index (χ4v) is 4.55. The van der Waals surface area contributed by atoms with Gasteiger partial charge in [-0.05, 0) is 42.5 Å². The molecule has 0 aliphatic rings. The van der Waals surface area contributed by atoms with Gasteiger partial charge in [-0.2, -0.15) is 0 Å². The van der Waals surface area contributed by atoms with Gasteiger partial charge in [0, 0.05) is 17.8 Å². The van der Waals surface area contributed by atoms with E-state index in [0.29, 0.717) is 11.4 Å². The summed E-state index contributed by atoms with van der Waals surface area (Å²) in [6.45, 7) is -0.571. The van der Waals surface area contributed by atoms with E-state index in [9.17, 15) is 23.3 Å². The number of methoxy groups -OCH3 is 1. The maximum atomic E-state index is 13.3. The number of nitro benzene ring substituents is 1. The highest BCUT2D eigenvalue weighted by atomic mass is 35.5. The molecule has 32 heavy (non-hydrogen) atoms. The van der Waals surface area contributed by atoms with Crippen LogP contribution in [0.15, 0.2) is 77.7 Å². The van der Waals surface area contributed by atoms with Crippen molar-refractivity contribution >= 4 is 44.6 Å². The lowest BCUT2D eigenvalue weighted by molar-refractivity contribution is -0.384. The number of nitrogens with one attached hydrogen (secondary N) is 1. The number of non-ortho nitro benzene ring substituents is 1. The first-order chi connectivity index (χ1) is 15.2. The number of sulfonamides is 1. The highest BCUT2D eigenvalue weighted by molar-refractivity contribution is 7.92. The van der Waals surface area contributed by atoms with Crippen LogP contribution >= 0.6 is 11.6 Å². The Bertz CT molecular complexity index is 1230. The summed E-state index contributed by atoms with van der Waals surface area (Å²) < 4.78 is 32.5. The van der Waals surface area contributed by atoms with Crippen LogP contribution in [0.5, 0.6) is 5.75 Å². The van der Waals surface area contributed by atoms with Crippen LogP contribution in [0, 0.1) is 10.1 Å². The van der Waals surface area contributed by atoms with E-state index in [1.165, 1.54) is 49.6 Å². The monoisotopic (exact) mass is 475 g/mol. The lowest BCUT2D eigenvalue weighted by Crippen LogP contribution is -2.38. The van der Waals surface area contributed by atoms with Crippen molar-refractivity contribution in [2.24, 2.45) is 0 Å². The number of rotatable bonds is 8. The van der Waals surface area contributed by atoms with E-state index in [-0.39, 0.29) is 21.3 Å². The average Bonchev–Trinajstić information content (AvgIpc) is 2.78. The first-order valence-corrected chi connectivity index (χ1v) is 11.0. The molecule has 3 aromatic carbocycles. The van der Waals surface area contributed by atoms with E-state index in [0.717, 1.165) is 4.31 Å². The third-order valence-corrected chi connectivity index (χ3v) is 6.49. The third kappa shape index (κ3) is 5.16. The molecule has 11 heteroatoms. The van der Waals surface area contributed by atoms with Crippen molar-refractivity contribution in [1.29, 1.82) is 0 Å². The maximum absolute atomic E-state index is 13.3. The van der Waals surface area contributed by atoms with Crippen LogP contribution in [-0.2, 0) is 14.8 Å². The molecule has 0 fully saturated rings. The molecular weight excluding hydrogens is 458 g/mol. The van der Waals surface area contributed by atoms with Crippen molar-refractivity contribution in [3.8, 4) is 5.75 Å². The Morgan fingerprint density at radius 1 is 1.09 bits per heavy atom. The maximum Gasteiger partial charge on any atom is 0.269 e. The standard InChI is InChI=1S/C21H18ClN3O6S/c1-31-20-12-7-15(13-19(20)22)23-21(26)14-24(16-8-10-17(11-9-16)25(27)28)32(29,30)18-5-3-2-4-6-18/h2-13H,14H2,1H3,(H,23,26). The number of carbonyl (C=O) groups is 1. The third-order valence-electron chi connectivity index (χ3n) is 4.40. The summed E-state index contributed by atoms with van der Waals surface area (Å²) in [7, 11) is -2.68. The minimum atomic E-state index is -4.14. The van der Waals surface area contributed by atoms with Gasteiger partial charge in [-0.3, -0.25) is 19.2 Å². The van der Waals surface area contributed by atoms with E-state index >= 15 is 0 Å². The Hall–Kier alpha value is -3.63. The van der Waals surface area contributed by atoms with Crippen molar-refractivity contribution in [3.63, 3.8) is 0 Å². The summed E-state index contributed by atoms with van der Waals surface area (Å²) in [6.07, 6.45) is 0. The second-order valence-electron chi connectivity index (χ2n) is 6.50. The van der Waals surface area contributed by atoms with Crippen LogP contribution in [0.25, 0.3) is 0 Å². The van der Waals surface area contributed by atoms with Crippen LogP contribution in [-0.4, -0.2) is 32.9 Å². The molecule has 1 amide bonds. The summed E-state index contributed by atoms with van der Waals surface area (Å²) in [5, 5.41) is 13.8. The molecule has 9 nitrogen and oxygen atoms in total. The topological polar surface area (TPSA) is 119 Å². The Morgan fingerprint density at radius 2 is 1.75 bits per heavy atom. The SMILES string of the molecule is COc1ccc(NC(=O)CN(c2ccc([N+](=O)[O-])cc2)S(=O)(=O)c2ccccc2)cc1Cl. The number of nitro groups is 1. The molecular formula is C21H18ClN3O6S. The molecule has 0 aromatic heterocycles. The summed E-state index contributed by atoms with van der Waals surface area (Å²) in [6, 6.07) is 17.1. The summed E-state index contributed by atoms with van der Waals surface area (Å²) in [5.41, 5.74) is 0.243.